The first-order chi connectivity index (χ1) is 17.3. The van der Waals surface area contributed by atoms with Crippen molar-refractivity contribution in [1.82, 2.24) is 9.73 Å². The Morgan fingerprint density at radius 1 is 0.944 bits per heavy atom. The summed E-state index contributed by atoms with van der Waals surface area (Å²) in [4.78, 5) is 12.9. The number of amides is 1. The number of hydrogen-bond acceptors (Lipinski definition) is 5. The molecule has 2 N–H and O–H groups in total. The fourth-order valence-electron chi connectivity index (χ4n) is 3.83. The highest BCUT2D eigenvalue weighted by Crippen LogP contribution is 2.25. The van der Waals surface area contributed by atoms with Gasteiger partial charge in [0, 0.05) is 12.1 Å². The van der Waals surface area contributed by atoms with Crippen molar-refractivity contribution in [1.29, 1.82) is 0 Å². The van der Waals surface area contributed by atoms with E-state index in [1.807, 2.05) is 61.5 Å². The van der Waals surface area contributed by atoms with Crippen LogP contribution in [0.5, 0.6) is 5.75 Å². The molecule has 0 atom stereocenters. The number of sulfonamides is 1. The van der Waals surface area contributed by atoms with E-state index in [4.69, 9.17) is 0 Å². The molecule has 36 heavy (non-hydrogen) atoms. The van der Waals surface area contributed by atoms with Gasteiger partial charge in [-0.25, -0.2) is 13.8 Å². The van der Waals surface area contributed by atoms with E-state index in [9.17, 15) is 18.3 Å². The smallest absolute Gasteiger partial charge is 0.255 e. The molecule has 0 unspecified atom stereocenters. The van der Waals surface area contributed by atoms with Gasteiger partial charge < -0.3 is 5.11 Å². The van der Waals surface area contributed by atoms with Gasteiger partial charge in [-0.2, -0.15) is 9.41 Å². The molecular formula is C28H27N3O4S. The minimum absolute atomic E-state index is 0.0261. The summed E-state index contributed by atoms with van der Waals surface area (Å²) in [6.07, 6.45) is 1.81. The van der Waals surface area contributed by atoms with Gasteiger partial charge in [0.2, 0.25) is 10.0 Å². The standard InChI is InChI=1S/C28H27N3O4S/c1-21-11-14-24(15-12-21)36(34,35)31(18-17-22-7-3-2-4-8-22)20-28(33)30-29-19-26-25-10-6-5-9-23(25)13-16-27(26)32/h2-16,19,32H,17-18,20H2,1H3,(H,30,33)/b29-19+. The Morgan fingerprint density at radius 3 is 2.39 bits per heavy atom. The number of nitrogens with one attached hydrogen (secondary N) is 1. The maximum absolute atomic E-state index is 13.4. The molecule has 7 nitrogen and oxygen atoms in total. The zero-order chi connectivity index (χ0) is 25.5. The molecule has 0 aliphatic carbocycles. The Balaban J connectivity index is 1.52. The lowest BCUT2D eigenvalue weighted by molar-refractivity contribution is -0.121. The maximum Gasteiger partial charge on any atom is 0.255 e. The number of rotatable bonds is 9. The summed E-state index contributed by atoms with van der Waals surface area (Å²) in [7, 11) is -3.92. The third-order valence-electron chi connectivity index (χ3n) is 5.80. The van der Waals surface area contributed by atoms with Gasteiger partial charge in [0.1, 0.15) is 5.75 Å². The highest BCUT2D eigenvalue weighted by molar-refractivity contribution is 7.89. The molecule has 0 aromatic heterocycles. The van der Waals surface area contributed by atoms with Crippen LogP contribution in [-0.2, 0) is 21.2 Å². The van der Waals surface area contributed by atoms with Gasteiger partial charge in [0.05, 0.1) is 17.7 Å². The Kier molecular flexibility index (Phi) is 7.77. The monoisotopic (exact) mass is 501 g/mol. The van der Waals surface area contributed by atoms with Gasteiger partial charge in [-0.1, -0.05) is 78.4 Å². The van der Waals surface area contributed by atoms with Crippen LogP contribution in [0, 0.1) is 6.92 Å². The SMILES string of the molecule is Cc1ccc(S(=O)(=O)N(CCc2ccccc2)CC(=O)N/N=C/c2c(O)ccc3ccccc23)cc1. The van der Waals surface area contributed by atoms with Crippen LogP contribution in [0.2, 0.25) is 0 Å². The Hall–Kier alpha value is -4.01. The summed E-state index contributed by atoms with van der Waals surface area (Å²) in [5.74, 6) is -0.562. The Bertz CT molecular complexity index is 1480. The topological polar surface area (TPSA) is 99.1 Å². The van der Waals surface area contributed by atoms with Gasteiger partial charge in [0.15, 0.2) is 0 Å². The fourth-order valence-corrected chi connectivity index (χ4v) is 5.22. The number of hydrogen-bond donors (Lipinski definition) is 2. The fraction of sp³-hybridized carbons (Fsp3) is 0.143. The number of benzene rings is 4. The van der Waals surface area contributed by atoms with Crippen LogP contribution in [0.15, 0.2) is 101 Å². The summed E-state index contributed by atoms with van der Waals surface area (Å²) < 4.78 is 27.9. The average molecular weight is 502 g/mol. The van der Waals surface area contributed by atoms with Crippen molar-refractivity contribution in [3.05, 3.63) is 108 Å². The third kappa shape index (κ3) is 5.97. The summed E-state index contributed by atoms with van der Waals surface area (Å²) in [6, 6.07) is 26.9. The van der Waals surface area contributed by atoms with Crippen LogP contribution in [0.3, 0.4) is 0 Å². The van der Waals surface area contributed by atoms with E-state index in [-0.39, 0.29) is 17.2 Å². The highest BCUT2D eigenvalue weighted by atomic mass is 32.2. The average Bonchev–Trinajstić information content (AvgIpc) is 2.88. The van der Waals surface area contributed by atoms with E-state index in [1.165, 1.54) is 6.21 Å². The number of fused-ring (bicyclic) bond motifs is 1. The summed E-state index contributed by atoms with van der Waals surface area (Å²) in [5, 5.41) is 15.9. The van der Waals surface area contributed by atoms with Gasteiger partial charge in [-0.15, -0.1) is 0 Å². The van der Waals surface area contributed by atoms with Crippen molar-refractivity contribution < 1.29 is 18.3 Å². The number of carbonyl (C=O) groups is 1. The van der Waals surface area contributed by atoms with Crippen LogP contribution in [-0.4, -0.2) is 43.0 Å². The quantitative estimate of drug-likeness (QED) is 0.265. The molecule has 0 spiro atoms. The summed E-state index contributed by atoms with van der Waals surface area (Å²) in [6.45, 7) is 1.60. The molecule has 4 aromatic carbocycles. The van der Waals surface area contributed by atoms with Gasteiger partial charge in [-0.05, 0) is 47.9 Å². The van der Waals surface area contributed by atoms with Gasteiger partial charge >= 0.3 is 0 Å². The zero-order valence-electron chi connectivity index (χ0n) is 19.8. The number of hydrazone groups is 1. The minimum atomic E-state index is -3.92. The molecule has 0 bridgehead atoms. The van der Waals surface area contributed by atoms with Crippen LogP contribution in [0.4, 0.5) is 0 Å². The van der Waals surface area contributed by atoms with Crippen molar-refractivity contribution >= 4 is 32.9 Å². The van der Waals surface area contributed by atoms with E-state index in [0.29, 0.717) is 12.0 Å². The van der Waals surface area contributed by atoms with Crippen molar-refractivity contribution in [3.63, 3.8) is 0 Å². The lowest BCUT2D eigenvalue weighted by atomic mass is 10.0. The lowest BCUT2D eigenvalue weighted by Crippen LogP contribution is -2.40. The zero-order valence-corrected chi connectivity index (χ0v) is 20.7. The molecule has 0 fully saturated rings. The van der Waals surface area contributed by atoms with E-state index < -0.39 is 22.5 Å². The van der Waals surface area contributed by atoms with Crippen LogP contribution in [0.1, 0.15) is 16.7 Å². The predicted octanol–water partition coefficient (Wildman–Crippen LogP) is 4.24. The normalized spacial score (nSPS) is 11.8. The van der Waals surface area contributed by atoms with Gasteiger partial charge in [-0.3, -0.25) is 4.79 Å². The molecule has 0 aliphatic heterocycles. The highest BCUT2D eigenvalue weighted by Gasteiger charge is 2.26. The second kappa shape index (κ2) is 11.2. The minimum Gasteiger partial charge on any atom is -0.507 e. The summed E-state index contributed by atoms with van der Waals surface area (Å²) >= 11 is 0. The molecule has 0 saturated carbocycles. The number of carbonyl (C=O) groups excluding carboxylic acids is 1. The second-order valence-electron chi connectivity index (χ2n) is 8.40. The van der Waals surface area contributed by atoms with Crippen LogP contribution < -0.4 is 5.43 Å². The molecular weight excluding hydrogens is 474 g/mol. The van der Waals surface area contributed by atoms with Crippen LogP contribution >= 0.6 is 0 Å². The van der Waals surface area contributed by atoms with Crippen molar-refractivity contribution in [2.45, 2.75) is 18.2 Å². The van der Waals surface area contributed by atoms with E-state index in [1.54, 1.807) is 36.4 Å². The molecule has 0 radical (unpaired) electrons. The lowest BCUT2D eigenvalue weighted by Gasteiger charge is -2.21. The van der Waals surface area contributed by atoms with Crippen molar-refractivity contribution in [2.75, 3.05) is 13.1 Å². The largest absolute Gasteiger partial charge is 0.507 e. The number of aryl methyl sites for hydroxylation is 1. The molecule has 1 amide bonds. The van der Waals surface area contributed by atoms with Crippen molar-refractivity contribution in [3.8, 4) is 5.75 Å². The van der Waals surface area contributed by atoms with E-state index in [0.717, 1.165) is 26.2 Å². The second-order valence-corrected chi connectivity index (χ2v) is 10.3. The molecule has 8 heteroatoms. The molecule has 0 saturated heterocycles. The Morgan fingerprint density at radius 2 is 1.64 bits per heavy atom. The number of aromatic hydroxyl groups is 1. The molecule has 0 aliphatic rings. The third-order valence-corrected chi connectivity index (χ3v) is 7.66. The number of nitrogens with zero attached hydrogens (tertiary/aromatic N) is 2. The molecule has 184 valence electrons. The molecule has 0 heterocycles. The van der Waals surface area contributed by atoms with E-state index >= 15 is 0 Å². The number of phenols is 1. The number of phenolic OH excluding ortho intramolecular Hbond substituents is 1. The first-order valence-electron chi connectivity index (χ1n) is 11.5. The summed E-state index contributed by atoms with van der Waals surface area (Å²) in [5.41, 5.74) is 4.76. The van der Waals surface area contributed by atoms with Crippen LogP contribution in [0.25, 0.3) is 10.8 Å². The van der Waals surface area contributed by atoms with E-state index in [2.05, 4.69) is 10.5 Å². The first kappa shape index (κ1) is 25.1. The van der Waals surface area contributed by atoms with Gasteiger partial charge in [0.25, 0.3) is 5.91 Å². The van der Waals surface area contributed by atoms with Crippen molar-refractivity contribution in [2.24, 2.45) is 5.10 Å². The Labute approximate surface area is 210 Å². The molecule has 4 rings (SSSR count). The maximum atomic E-state index is 13.4. The first-order valence-corrected chi connectivity index (χ1v) is 12.9. The predicted molar refractivity (Wildman–Crippen MR) is 141 cm³/mol. The molecule has 4 aromatic rings.